The molecule has 0 saturated carbocycles. The van der Waals surface area contributed by atoms with Crippen LogP contribution < -0.4 is 29.2 Å². The molecule has 1 aliphatic rings. The smallest absolute Gasteiger partial charge is 0.294 e. The van der Waals surface area contributed by atoms with E-state index in [2.05, 4.69) is 5.32 Å². The van der Waals surface area contributed by atoms with Crippen molar-refractivity contribution in [3.05, 3.63) is 83.6 Å². The molecule has 0 bridgehead atoms. The van der Waals surface area contributed by atoms with Crippen molar-refractivity contribution in [3.8, 4) is 23.0 Å². The highest BCUT2D eigenvalue weighted by atomic mass is 16.5. The first-order chi connectivity index (χ1) is 18.5. The maximum Gasteiger partial charge on any atom is 0.294 e. The lowest BCUT2D eigenvalue weighted by molar-refractivity contribution is -0.123. The SMILES string of the molecule is CCOc1ccc(CCNC(=O)CN2C(=O)C(=Cc3ccc(OC)cc3)Oc3ccccc32)cc1OCC. The van der Waals surface area contributed by atoms with Gasteiger partial charge in [-0.05, 0) is 73.9 Å². The first-order valence-corrected chi connectivity index (χ1v) is 12.6. The van der Waals surface area contributed by atoms with Gasteiger partial charge in [0.15, 0.2) is 23.0 Å². The average molecular weight is 517 g/mol. The number of amides is 2. The molecule has 0 unspecified atom stereocenters. The van der Waals surface area contributed by atoms with Gasteiger partial charge in [-0.3, -0.25) is 14.5 Å². The van der Waals surface area contributed by atoms with E-state index < -0.39 is 0 Å². The minimum absolute atomic E-state index is 0.132. The van der Waals surface area contributed by atoms with E-state index in [1.807, 2.05) is 50.2 Å². The van der Waals surface area contributed by atoms with Crippen molar-refractivity contribution < 1.29 is 28.5 Å². The van der Waals surface area contributed by atoms with Gasteiger partial charge in [0.25, 0.3) is 5.91 Å². The summed E-state index contributed by atoms with van der Waals surface area (Å²) in [5, 5.41) is 2.92. The average Bonchev–Trinajstić information content (AvgIpc) is 2.93. The third kappa shape index (κ3) is 6.45. The van der Waals surface area contributed by atoms with Crippen LogP contribution >= 0.6 is 0 Å². The maximum atomic E-state index is 13.3. The number of nitrogens with one attached hydrogen (secondary N) is 1. The number of nitrogens with zero attached hydrogens (tertiary/aromatic N) is 1. The second-order valence-electron chi connectivity index (χ2n) is 8.49. The van der Waals surface area contributed by atoms with E-state index in [1.54, 1.807) is 43.5 Å². The number of rotatable bonds is 11. The van der Waals surface area contributed by atoms with Crippen molar-refractivity contribution in [3.63, 3.8) is 0 Å². The Morgan fingerprint density at radius 2 is 1.71 bits per heavy atom. The van der Waals surface area contributed by atoms with E-state index in [0.717, 1.165) is 11.1 Å². The Morgan fingerprint density at radius 1 is 0.974 bits per heavy atom. The molecule has 8 nitrogen and oxygen atoms in total. The van der Waals surface area contributed by atoms with Gasteiger partial charge in [-0.2, -0.15) is 0 Å². The van der Waals surface area contributed by atoms with Crippen molar-refractivity contribution >= 4 is 23.6 Å². The second kappa shape index (κ2) is 12.7. The van der Waals surface area contributed by atoms with Crippen LogP contribution in [0.4, 0.5) is 5.69 Å². The molecule has 0 aliphatic carbocycles. The van der Waals surface area contributed by atoms with Gasteiger partial charge < -0.3 is 24.3 Å². The first-order valence-electron chi connectivity index (χ1n) is 12.6. The summed E-state index contributed by atoms with van der Waals surface area (Å²) in [5.41, 5.74) is 2.34. The molecule has 38 heavy (non-hydrogen) atoms. The van der Waals surface area contributed by atoms with Crippen LogP contribution in [-0.2, 0) is 16.0 Å². The molecular formula is C30H32N2O6. The lowest BCUT2D eigenvalue weighted by atomic mass is 10.1. The van der Waals surface area contributed by atoms with Gasteiger partial charge in [0.1, 0.15) is 12.3 Å². The minimum Gasteiger partial charge on any atom is -0.497 e. The van der Waals surface area contributed by atoms with Gasteiger partial charge in [0.2, 0.25) is 5.91 Å². The molecule has 3 aromatic carbocycles. The minimum atomic E-state index is -0.387. The summed E-state index contributed by atoms with van der Waals surface area (Å²) < 4.78 is 22.4. The van der Waals surface area contributed by atoms with Crippen LogP contribution in [0.25, 0.3) is 6.08 Å². The van der Waals surface area contributed by atoms with E-state index in [4.69, 9.17) is 18.9 Å². The number of ether oxygens (including phenoxy) is 4. The van der Waals surface area contributed by atoms with Crippen LogP contribution in [0.1, 0.15) is 25.0 Å². The Kier molecular flexibility index (Phi) is 8.87. The van der Waals surface area contributed by atoms with Crippen molar-refractivity contribution in [2.24, 2.45) is 0 Å². The Labute approximate surface area is 222 Å². The summed E-state index contributed by atoms with van der Waals surface area (Å²) in [6.07, 6.45) is 2.26. The summed E-state index contributed by atoms with van der Waals surface area (Å²) in [7, 11) is 1.59. The largest absolute Gasteiger partial charge is 0.497 e. The topological polar surface area (TPSA) is 86.3 Å². The predicted molar refractivity (Wildman–Crippen MR) is 146 cm³/mol. The zero-order valence-electron chi connectivity index (χ0n) is 21.9. The van der Waals surface area contributed by atoms with E-state index >= 15 is 0 Å². The van der Waals surface area contributed by atoms with Gasteiger partial charge in [0, 0.05) is 6.54 Å². The Bertz CT molecular complexity index is 1300. The van der Waals surface area contributed by atoms with Crippen LogP contribution in [0.2, 0.25) is 0 Å². The Morgan fingerprint density at radius 3 is 2.45 bits per heavy atom. The number of hydrogen-bond acceptors (Lipinski definition) is 6. The predicted octanol–water partition coefficient (Wildman–Crippen LogP) is 4.62. The van der Waals surface area contributed by atoms with Gasteiger partial charge in [-0.15, -0.1) is 0 Å². The van der Waals surface area contributed by atoms with Crippen molar-refractivity contribution in [2.75, 3.05) is 38.3 Å². The van der Waals surface area contributed by atoms with E-state index in [9.17, 15) is 9.59 Å². The molecule has 2 amide bonds. The molecule has 0 aromatic heterocycles. The standard InChI is InChI=1S/C30H32N2O6/c1-4-36-26-15-12-22(18-27(26)37-5-2)16-17-31-29(33)20-32-24-8-6-7-9-25(24)38-28(30(32)34)19-21-10-13-23(35-3)14-11-21/h6-15,18-19H,4-5,16-17,20H2,1-3H3,(H,31,33). The van der Waals surface area contributed by atoms with Crippen LogP contribution in [-0.4, -0.2) is 45.2 Å². The van der Waals surface area contributed by atoms with Crippen LogP contribution in [0, 0.1) is 0 Å². The number of carbonyl (C=O) groups is 2. The molecule has 1 N–H and O–H groups in total. The number of anilines is 1. The Hall–Kier alpha value is -4.46. The molecule has 8 heteroatoms. The zero-order chi connectivity index (χ0) is 26.9. The highest BCUT2D eigenvalue weighted by Gasteiger charge is 2.31. The number of hydrogen-bond donors (Lipinski definition) is 1. The van der Waals surface area contributed by atoms with E-state index in [0.29, 0.717) is 54.9 Å². The van der Waals surface area contributed by atoms with E-state index in [1.165, 1.54) is 4.90 Å². The second-order valence-corrected chi connectivity index (χ2v) is 8.49. The van der Waals surface area contributed by atoms with Crippen LogP contribution in [0.15, 0.2) is 72.5 Å². The fourth-order valence-corrected chi connectivity index (χ4v) is 4.07. The van der Waals surface area contributed by atoms with Crippen molar-refractivity contribution in [2.45, 2.75) is 20.3 Å². The normalized spacial score (nSPS) is 13.5. The number of para-hydroxylation sites is 2. The highest BCUT2D eigenvalue weighted by Crippen LogP contribution is 2.35. The fourth-order valence-electron chi connectivity index (χ4n) is 4.07. The lowest BCUT2D eigenvalue weighted by Crippen LogP contribution is -2.44. The van der Waals surface area contributed by atoms with Crippen LogP contribution in [0.3, 0.4) is 0 Å². The third-order valence-electron chi connectivity index (χ3n) is 5.89. The van der Waals surface area contributed by atoms with Crippen molar-refractivity contribution in [1.29, 1.82) is 0 Å². The highest BCUT2D eigenvalue weighted by molar-refractivity contribution is 6.12. The molecule has 0 spiro atoms. The molecule has 0 fully saturated rings. The number of carbonyl (C=O) groups excluding carboxylic acids is 2. The molecule has 0 atom stereocenters. The summed E-state index contributed by atoms with van der Waals surface area (Å²) in [5.74, 6) is 2.09. The third-order valence-corrected chi connectivity index (χ3v) is 5.89. The van der Waals surface area contributed by atoms with Gasteiger partial charge in [0.05, 0.1) is 26.0 Å². The molecular weight excluding hydrogens is 484 g/mol. The molecule has 1 heterocycles. The summed E-state index contributed by atoms with van der Waals surface area (Å²) >= 11 is 0. The number of methoxy groups -OCH3 is 1. The maximum absolute atomic E-state index is 13.3. The Balaban J connectivity index is 1.43. The van der Waals surface area contributed by atoms with Crippen molar-refractivity contribution in [1.82, 2.24) is 5.32 Å². The summed E-state index contributed by atoms with van der Waals surface area (Å²) in [4.78, 5) is 27.6. The van der Waals surface area contributed by atoms with Crippen LogP contribution in [0.5, 0.6) is 23.0 Å². The number of benzene rings is 3. The summed E-state index contributed by atoms with van der Waals surface area (Å²) in [6, 6.07) is 20.2. The monoisotopic (exact) mass is 516 g/mol. The molecule has 4 rings (SSSR count). The quantitative estimate of drug-likeness (QED) is 0.375. The first kappa shape index (κ1) is 26.6. The fraction of sp³-hybridized carbons (Fsp3) is 0.267. The van der Waals surface area contributed by atoms with Gasteiger partial charge in [-0.25, -0.2) is 0 Å². The van der Waals surface area contributed by atoms with Gasteiger partial charge >= 0.3 is 0 Å². The lowest BCUT2D eigenvalue weighted by Gasteiger charge is -2.30. The molecule has 3 aromatic rings. The molecule has 0 saturated heterocycles. The molecule has 0 radical (unpaired) electrons. The number of fused-ring (bicyclic) bond motifs is 1. The van der Waals surface area contributed by atoms with E-state index in [-0.39, 0.29) is 24.1 Å². The van der Waals surface area contributed by atoms with Gasteiger partial charge in [-0.1, -0.05) is 30.3 Å². The summed E-state index contributed by atoms with van der Waals surface area (Å²) in [6.45, 7) is 5.21. The molecule has 198 valence electrons. The molecule has 1 aliphatic heterocycles. The zero-order valence-corrected chi connectivity index (χ0v) is 21.9.